The van der Waals surface area contributed by atoms with Crippen molar-refractivity contribution in [1.82, 2.24) is 0 Å². The minimum Gasteiger partial charge on any atom is -0.0991 e. The number of hydrogen-bond donors (Lipinski definition) is 0. The predicted molar refractivity (Wildman–Crippen MR) is 88.0 cm³/mol. The van der Waals surface area contributed by atoms with Crippen molar-refractivity contribution < 1.29 is 26.2 Å². The van der Waals surface area contributed by atoms with E-state index < -0.39 is 8.07 Å². The fraction of sp³-hybridized carbons (Fsp3) is 0.222. The van der Waals surface area contributed by atoms with Crippen molar-refractivity contribution in [3.8, 4) is 0 Å². The molecule has 0 bridgehead atoms. The Balaban J connectivity index is 0.000000644. The summed E-state index contributed by atoms with van der Waals surface area (Å²) in [7, 11) is -1.41. The van der Waals surface area contributed by atoms with Crippen LogP contribution in [0.25, 0.3) is 0 Å². The molecule has 0 aromatic rings. The molecule has 0 heterocycles. The summed E-state index contributed by atoms with van der Waals surface area (Å²) in [5.74, 6) is 2.77. The van der Waals surface area contributed by atoms with Crippen LogP contribution in [-0.4, -0.2) is 8.07 Å². The Morgan fingerprint density at radius 3 is 1.35 bits per heavy atom. The molecule has 2 rings (SSSR count). The monoisotopic (exact) mass is 358 g/mol. The molecule has 2 heteroatoms. The third-order valence-corrected chi connectivity index (χ3v) is 6.94. The van der Waals surface area contributed by atoms with Gasteiger partial charge in [-0.3, -0.25) is 0 Å². The average molecular weight is 360 g/mol. The zero-order chi connectivity index (χ0) is 14.5. The normalized spacial score (nSPS) is 22.0. The van der Waals surface area contributed by atoms with Gasteiger partial charge in [0, 0.05) is 0 Å². The molecule has 20 heavy (non-hydrogen) atoms. The van der Waals surface area contributed by atoms with Gasteiger partial charge in [0.2, 0.25) is 0 Å². The molecule has 0 saturated heterocycles. The van der Waals surface area contributed by atoms with Crippen molar-refractivity contribution in [1.29, 1.82) is 0 Å². The van der Waals surface area contributed by atoms with E-state index in [-0.39, 0.29) is 26.2 Å². The van der Waals surface area contributed by atoms with Gasteiger partial charge >= 0.3 is 26.2 Å². The van der Waals surface area contributed by atoms with Crippen LogP contribution in [0.2, 0.25) is 13.1 Å². The molecule has 2 aliphatic rings. The van der Waals surface area contributed by atoms with E-state index >= 15 is 0 Å². The largest absolute Gasteiger partial charge is 2.00 e. The molecule has 2 fully saturated rings. The van der Waals surface area contributed by atoms with Crippen molar-refractivity contribution in [2.45, 2.75) is 26.9 Å². The van der Waals surface area contributed by atoms with Crippen LogP contribution in [0, 0.1) is 61.4 Å². The Labute approximate surface area is 147 Å². The predicted octanol–water partition coefficient (Wildman–Crippen LogP) is 4.72. The first kappa shape index (κ1) is 20.6. The molecular weight excluding hydrogens is 336 g/mol. The Bertz CT molecular complexity index is 270. The fourth-order valence-corrected chi connectivity index (χ4v) is 4.58. The first-order valence-electron chi connectivity index (χ1n) is 6.63. The number of allylic oxidation sites excluding steroid dienone is 2. The first-order valence-corrected chi connectivity index (χ1v) is 9.63. The van der Waals surface area contributed by atoms with E-state index in [4.69, 9.17) is 0 Å². The van der Waals surface area contributed by atoms with Gasteiger partial charge in [0.25, 0.3) is 0 Å². The van der Waals surface area contributed by atoms with Gasteiger partial charge in [0.15, 0.2) is 0 Å². The molecule has 2 saturated carbocycles. The fourth-order valence-electron chi connectivity index (χ4n) is 2.07. The molecular formula is C18H24SiZr+2. The summed E-state index contributed by atoms with van der Waals surface area (Å²) in [5.41, 5.74) is 3.09. The van der Waals surface area contributed by atoms with Crippen molar-refractivity contribution in [2.24, 2.45) is 0 Å². The quantitative estimate of drug-likeness (QED) is 0.505. The molecule has 0 N–H and O–H groups in total. The Morgan fingerprint density at radius 1 is 0.800 bits per heavy atom. The van der Waals surface area contributed by atoms with Gasteiger partial charge in [-0.25, -0.2) is 0 Å². The summed E-state index contributed by atoms with van der Waals surface area (Å²) in [6.07, 6.45) is 17.0. The molecule has 0 aromatic carbocycles. The van der Waals surface area contributed by atoms with Crippen LogP contribution in [0.3, 0.4) is 0 Å². The van der Waals surface area contributed by atoms with Crippen LogP contribution in [0.15, 0.2) is 25.3 Å². The number of rotatable bonds is 3. The summed E-state index contributed by atoms with van der Waals surface area (Å²) in [6, 6.07) is 0. The SMILES string of the molecule is C=CC=C.C[C]1[CH][CH][C]([Si](C)(C)[C]2[CH][CH][C](C)[CH]2)[CH]1.[Zr+2]. The van der Waals surface area contributed by atoms with Gasteiger partial charge in [-0.1, -0.05) is 52.3 Å². The van der Waals surface area contributed by atoms with E-state index in [9.17, 15) is 0 Å². The maximum absolute atomic E-state index is 3.36. The van der Waals surface area contributed by atoms with Gasteiger partial charge in [0.05, 0.1) is 8.07 Å². The third-order valence-electron chi connectivity index (χ3n) is 3.43. The molecule has 0 nitrogen and oxygen atoms in total. The van der Waals surface area contributed by atoms with E-state index in [2.05, 4.69) is 78.6 Å². The van der Waals surface area contributed by atoms with E-state index in [0.29, 0.717) is 0 Å². The molecule has 0 atom stereocenters. The molecule has 102 valence electrons. The van der Waals surface area contributed by atoms with E-state index in [1.54, 1.807) is 23.2 Å². The molecule has 0 aromatic heterocycles. The van der Waals surface area contributed by atoms with Crippen molar-refractivity contribution in [3.63, 3.8) is 0 Å². The maximum Gasteiger partial charge on any atom is 2.00 e. The van der Waals surface area contributed by atoms with Crippen LogP contribution in [0.1, 0.15) is 13.8 Å². The summed E-state index contributed by atoms with van der Waals surface area (Å²) < 4.78 is 0. The second kappa shape index (κ2) is 9.57. The minimum absolute atomic E-state index is 0. The van der Waals surface area contributed by atoms with Crippen molar-refractivity contribution in [2.75, 3.05) is 0 Å². The zero-order valence-corrected chi connectivity index (χ0v) is 16.5. The van der Waals surface area contributed by atoms with Crippen LogP contribution in [0.5, 0.6) is 0 Å². The van der Waals surface area contributed by atoms with Gasteiger partial charge in [0.1, 0.15) is 0 Å². The minimum atomic E-state index is -1.41. The van der Waals surface area contributed by atoms with Gasteiger partial charge in [-0.05, 0) is 61.4 Å². The third kappa shape index (κ3) is 5.76. The van der Waals surface area contributed by atoms with Crippen LogP contribution >= 0.6 is 0 Å². The van der Waals surface area contributed by atoms with E-state index in [1.165, 1.54) is 11.8 Å². The molecule has 0 unspecified atom stereocenters. The first-order chi connectivity index (χ1) is 8.91. The zero-order valence-electron chi connectivity index (χ0n) is 13.0. The van der Waals surface area contributed by atoms with E-state index in [0.717, 1.165) is 0 Å². The van der Waals surface area contributed by atoms with Crippen LogP contribution < -0.4 is 0 Å². The van der Waals surface area contributed by atoms with E-state index in [1.807, 2.05) is 0 Å². The summed E-state index contributed by atoms with van der Waals surface area (Å²) in [6.45, 7) is 15.9. The summed E-state index contributed by atoms with van der Waals surface area (Å²) in [4.78, 5) is 0. The summed E-state index contributed by atoms with van der Waals surface area (Å²) >= 11 is 0. The standard InChI is InChI=1S/C14H18Si.C4H6.Zr/c1-11-5-7-13(9-11)15(3,4)14-8-6-12(2)10-14;1-3-4-2;/h5-10H,1-4H3;3-4H,1-2H2;/q;;+2. The maximum atomic E-state index is 3.36. The van der Waals surface area contributed by atoms with Gasteiger partial charge in [-0.2, -0.15) is 0 Å². The van der Waals surface area contributed by atoms with Gasteiger partial charge < -0.3 is 0 Å². The van der Waals surface area contributed by atoms with Crippen molar-refractivity contribution in [3.05, 3.63) is 86.8 Å². The molecule has 2 aliphatic carbocycles. The smallest absolute Gasteiger partial charge is 0.0991 e. The summed E-state index contributed by atoms with van der Waals surface area (Å²) in [5, 5.41) is 0. The Hall–Kier alpha value is 0.580. The number of hydrogen-bond acceptors (Lipinski definition) is 0. The van der Waals surface area contributed by atoms with Crippen molar-refractivity contribution >= 4 is 8.07 Å². The average Bonchev–Trinajstić information content (AvgIpc) is 2.99. The second-order valence-electron chi connectivity index (χ2n) is 5.45. The van der Waals surface area contributed by atoms with Gasteiger partial charge in [-0.15, -0.1) is 0 Å². The molecule has 0 amide bonds. The molecule has 0 aliphatic heterocycles. The Morgan fingerprint density at radius 2 is 1.15 bits per heavy atom. The van der Waals surface area contributed by atoms with Crippen LogP contribution in [-0.2, 0) is 26.2 Å². The molecule has 10 radical (unpaired) electrons. The van der Waals surface area contributed by atoms with Crippen LogP contribution in [0.4, 0.5) is 0 Å². The second-order valence-corrected chi connectivity index (χ2v) is 9.86. The molecule has 0 spiro atoms. The Kier molecular flexibility index (Phi) is 9.84. The topological polar surface area (TPSA) is 0 Å².